The van der Waals surface area contributed by atoms with E-state index in [-0.39, 0.29) is 6.29 Å². The minimum atomic E-state index is -3.09. The van der Waals surface area contributed by atoms with E-state index in [1.807, 2.05) is 0 Å². The van der Waals surface area contributed by atoms with Gasteiger partial charge in [-0.05, 0) is 0 Å². The second kappa shape index (κ2) is 3.95. The first-order valence-electron chi connectivity index (χ1n) is 3.65. The average Bonchev–Trinajstić information content (AvgIpc) is 2.16. The Bertz CT molecular complexity index is 422. The van der Waals surface area contributed by atoms with E-state index < -0.39 is 34.0 Å². The quantitative estimate of drug-likeness (QED) is 0.467. The fraction of sp³-hybridized carbons (Fsp3) is 0.143. The van der Waals surface area contributed by atoms with Crippen molar-refractivity contribution >= 4 is 17.8 Å². The minimum absolute atomic E-state index is 0.0341. The molecule has 6 nitrogen and oxygen atoms in total. The first-order valence-corrected chi connectivity index (χ1v) is 3.65. The molecule has 0 aliphatic rings. The van der Waals surface area contributed by atoms with Crippen molar-refractivity contribution in [2.45, 2.75) is 6.43 Å². The summed E-state index contributed by atoms with van der Waals surface area (Å²) in [6.45, 7) is 0. The van der Waals surface area contributed by atoms with Crippen molar-refractivity contribution in [3.63, 3.8) is 0 Å². The molecule has 8 heteroatoms. The van der Waals surface area contributed by atoms with Crippen LogP contribution < -0.4 is 5.73 Å². The van der Waals surface area contributed by atoms with Gasteiger partial charge < -0.3 is 5.73 Å². The fourth-order valence-corrected chi connectivity index (χ4v) is 1.03. The Morgan fingerprint density at radius 1 is 1.60 bits per heavy atom. The van der Waals surface area contributed by atoms with Crippen LogP contribution in [-0.2, 0) is 0 Å². The number of nitro groups is 1. The van der Waals surface area contributed by atoms with Gasteiger partial charge in [0, 0.05) is 6.20 Å². The lowest BCUT2D eigenvalue weighted by molar-refractivity contribution is -0.386. The highest BCUT2D eigenvalue weighted by molar-refractivity contribution is 5.88. The lowest BCUT2D eigenvalue weighted by atomic mass is 10.1. The normalized spacial score (nSPS) is 10.3. The van der Waals surface area contributed by atoms with Crippen molar-refractivity contribution in [3.05, 3.63) is 27.4 Å². The maximum absolute atomic E-state index is 12.3. The van der Waals surface area contributed by atoms with Crippen LogP contribution in [0.5, 0.6) is 0 Å². The third kappa shape index (κ3) is 1.87. The minimum Gasteiger partial charge on any atom is -0.383 e. The average molecular weight is 217 g/mol. The molecule has 0 aliphatic carbocycles. The number of nitrogens with zero attached hydrogens (tertiary/aromatic N) is 2. The summed E-state index contributed by atoms with van der Waals surface area (Å²) in [7, 11) is 0. The molecule has 0 unspecified atom stereocenters. The Balaban J connectivity index is 3.56. The number of halogens is 2. The standard InChI is InChI=1S/C7H5F2N3O3/c8-6(9)3-1-11-7(10)4(2-13)5(3)12(14)15/h1-2,6H,(H2,10,11). The molecule has 1 rings (SSSR count). The monoisotopic (exact) mass is 217 g/mol. The van der Waals surface area contributed by atoms with Crippen LogP contribution in [0.3, 0.4) is 0 Å². The molecular formula is C7H5F2N3O3. The van der Waals surface area contributed by atoms with Gasteiger partial charge in [-0.3, -0.25) is 14.9 Å². The molecule has 1 heterocycles. The maximum atomic E-state index is 12.3. The van der Waals surface area contributed by atoms with Crippen molar-refractivity contribution < 1.29 is 18.5 Å². The number of carbonyl (C=O) groups is 1. The van der Waals surface area contributed by atoms with Crippen molar-refractivity contribution in [2.75, 3.05) is 5.73 Å². The van der Waals surface area contributed by atoms with Crippen LogP contribution in [0, 0.1) is 10.1 Å². The van der Waals surface area contributed by atoms with Gasteiger partial charge in [0.05, 0.1) is 4.92 Å². The predicted octanol–water partition coefficient (Wildman–Crippen LogP) is 1.32. The number of rotatable bonds is 3. The highest BCUT2D eigenvalue weighted by atomic mass is 19.3. The van der Waals surface area contributed by atoms with E-state index in [0.29, 0.717) is 6.20 Å². The number of nitrogen functional groups attached to an aromatic ring is 1. The highest BCUT2D eigenvalue weighted by Gasteiger charge is 2.28. The first kappa shape index (κ1) is 11.0. The summed E-state index contributed by atoms with van der Waals surface area (Å²) in [5.41, 5.74) is 2.61. The molecule has 0 atom stereocenters. The second-order valence-corrected chi connectivity index (χ2v) is 2.54. The summed E-state index contributed by atoms with van der Waals surface area (Å²) < 4.78 is 24.7. The van der Waals surface area contributed by atoms with Crippen molar-refractivity contribution in [1.29, 1.82) is 0 Å². The molecule has 15 heavy (non-hydrogen) atoms. The smallest absolute Gasteiger partial charge is 0.294 e. The van der Waals surface area contributed by atoms with E-state index in [0.717, 1.165) is 0 Å². The van der Waals surface area contributed by atoms with E-state index in [4.69, 9.17) is 5.73 Å². The van der Waals surface area contributed by atoms with E-state index in [1.54, 1.807) is 0 Å². The Morgan fingerprint density at radius 2 is 2.20 bits per heavy atom. The maximum Gasteiger partial charge on any atom is 0.294 e. The molecular weight excluding hydrogens is 212 g/mol. The second-order valence-electron chi connectivity index (χ2n) is 2.54. The molecule has 0 spiro atoms. The van der Waals surface area contributed by atoms with Crippen LogP contribution in [0.1, 0.15) is 22.3 Å². The van der Waals surface area contributed by atoms with E-state index in [1.165, 1.54) is 0 Å². The molecule has 0 saturated carbocycles. The Morgan fingerprint density at radius 3 is 2.60 bits per heavy atom. The lowest BCUT2D eigenvalue weighted by Crippen LogP contribution is -2.06. The molecule has 2 N–H and O–H groups in total. The van der Waals surface area contributed by atoms with Crippen LogP contribution in [0.15, 0.2) is 6.20 Å². The third-order valence-electron chi connectivity index (χ3n) is 1.68. The van der Waals surface area contributed by atoms with Crippen LogP contribution in [-0.4, -0.2) is 16.2 Å². The number of aromatic nitrogens is 1. The summed E-state index contributed by atoms with van der Waals surface area (Å²) in [5.74, 6) is -0.443. The fourth-order valence-electron chi connectivity index (χ4n) is 1.03. The number of hydrogen-bond donors (Lipinski definition) is 1. The van der Waals surface area contributed by atoms with Gasteiger partial charge in [0.2, 0.25) is 0 Å². The van der Waals surface area contributed by atoms with Gasteiger partial charge in [0.15, 0.2) is 6.29 Å². The van der Waals surface area contributed by atoms with E-state index in [2.05, 4.69) is 4.98 Å². The van der Waals surface area contributed by atoms with E-state index >= 15 is 0 Å². The highest BCUT2D eigenvalue weighted by Crippen LogP contribution is 2.32. The topological polar surface area (TPSA) is 99.1 Å². The summed E-state index contributed by atoms with van der Waals surface area (Å²) >= 11 is 0. The summed E-state index contributed by atoms with van der Waals surface area (Å²) in [6, 6.07) is 0. The lowest BCUT2D eigenvalue weighted by Gasteiger charge is -2.04. The molecule has 1 aromatic heterocycles. The molecule has 0 fully saturated rings. The van der Waals surface area contributed by atoms with Gasteiger partial charge in [-0.15, -0.1) is 0 Å². The van der Waals surface area contributed by atoms with Gasteiger partial charge in [0.25, 0.3) is 12.1 Å². The summed E-state index contributed by atoms with van der Waals surface area (Å²) in [5, 5.41) is 10.5. The van der Waals surface area contributed by atoms with Gasteiger partial charge in [0.1, 0.15) is 16.9 Å². The third-order valence-corrected chi connectivity index (χ3v) is 1.68. The van der Waals surface area contributed by atoms with Gasteiger partial charge in [-0.25, -0.2) is 13.8 Å². The van der Waals surface area contributed by atoms with Crippen LogP contribution >= 0.6 is 0 Å². The van der Waals surface area contributed by atoms with Gasteiger partial charge >= 0.3 is 0 Å². The molecule has 0 aliphatic heterocycles. The zero-order valence-electron chi connectivity index (χ0n) is 7.18. The van der Waals surface area contributed by atoms with Gasteiger partial charge in [-0.1, -0.05) is 0 Å². The number of alkyl halides is 2. The number of hydrogen-bond acceptors (Lipinski definition) is 5. The van der Waals surface area contributed by atoms with Crippen molar-refractivity contribution in [2.24, 2.45) is 0 Å². The Hall–Kier alpha value is -2.12. The van der Waals surface area contributed by atoms with Gasteiger partial charge in [-0.2, -0.15) is 0 Å². The summed E-state index contributed by atoms with van der Waals surface area (Å²) in [6.07, 6.45) is -2.46. The zero-order chi connectivity index (χ0) is 11.6. The van der Waals surface area contributed by atoms with Crippen LogP contribution in [0.25, 0.3) is 0 Å². The Kier molecular flexibility index (Phi) is 2.88. The SMILES string of the molecule is Nc1ncc(C(F)F)c([N+](=O)[O-])c1C=O. The summed E-state index contributed by atoms with van der Waals surface area (Å²) in [4.78, 5) is 23.1. The number of pyridine rings is 1. The molecule has 0 aromatic carbocycles. The largest absolute Gasteiger partial charge is 0.383 e. The predicted molar refractivity (Wildman–Crippen MR) is 45.6 cm³/mol. The number of anilines is 1. The molecule has 0 amide bonds. The number of aldehydes is 1. The molecule has 80 valence electrons. The first-order chi connectivity index (χ1) is 6.99. The Labute approximate surface area is 81.9 Å². The van der Waals surface area contributed by atoms with Crippen molar-refractivity contribution in [3.8, 4) is 0 Å². The molecule has 0 radical (unpaired) electrons. The molecule has 0 bridgehead atoms. The van der Waals surface area contributed by atoms with E-state index in [9.17, 15) is 23.7 Å². The van der Waals surface area contributed by atoms with Crippen LogP contribution in [0.2, 0.25) is 0 Å². The molecule has 1 aromatic rings. The number of nitrogens with two attached hydrogens (primary N) is 1. The molecule has 0 saturated heterocycles. The zero-order valence-corrected chi connectivity index (χ0v) is 7.18. The van der Waals surface area contributed by atoms with Crippen LogP contribution in [0.4, 0.5) is 20.3 Å². The van der Waals surface area contributed by atoms with Crippen molar-refractivity contribution in [1.82, 2.24) is 4.98 Å². The number of carbonyl (C=O) groups excluding carboxylic acids is 1.